The molecule has 9 rings (SSSR count). The van der Waals surface area contributed by atoms with Crippen molar-refractivity contribution < 1.29 is 28.7 Å². The number of piperazine rings is 1. The van der Waals surface area contributed by atoms with E-state index in [0.29, 0.717) is 34.0 Å². The number of aromatic nitrogens is 1. The molecule has 0 radical (unpaired) electrons. The number of hydrogen-bond acceptors (Lipinski definition) is 10. The van der Waals surface area contributed by atoms with Crippen LogP contribution in [-0.2, 0) is 32.8 Å². The lowest BCUT2D eigenvalue weighted by Crippen LogP contribution is -2.54. The third-order valence-electron chi connectivity index (χ3n) is 13.4. The van der Waals surface area contributed by atoms with E-state index in [-0.39, 0.29) is 56.2 Å². The minimum absolute atomic E-state index is 0.0376. The van der Waals surface area contributed by atoms with Gasteiger partial charge in [-0.2, -0.15) is 5.26 Å². The lowest BCUT2D eigenvalue weighted by Gasteiger charge is -2.44. The molecule has 3 aromatic carbocycles. The number of nitrogens with one attached hydrogen (secondary N) is 3. The number of amides is 4. The maximum atomic E-state index is 14.1. The van der Waals surface area contributed by atoms with Crippen molar-refractivity contribution in [2.75, 3.05) is 57.4 Å². The fraction of sp³-hybridized carbons (Fsp3) is 0.435. The van der Waals surface area contributed by atoms with Crippen LogP contribution in [0.25, 0.3) is 10.9 Å². The fourth-order valence-corrected chi connectivity index (χ4v) is 10.1. The largest absolute Gasteiger partial charge is 0.473 e. The van der Waals surface area contributed by atoms with Crippen molar-refractivity contribution in [3.8, 4) is 11.8 Å². The SMILES string of the molecule is CCc1cc2c(cc1N1CCC(N3CCN(CC(=O)NCOc4cccc5c4CN(C4CCC(=O)NC4=O)C5=O)CC3)CC1)C(C)(C)c1[nH]c3cc(C#N)ccc3c1C2=O. The first-order chi connectivity index (χ1) is 28.9. The third-order valence-corrected chi connectivity index (χ3v) is 13.4. The van der Waals surface area contributed by atoms with E-state index in [1.165, 1.54) is 16.2 Å². The topological polar surface area (TPSA) is 171 Å². The number of ketones is 1. The molecule has 4 amide bonds. The first kappa shape index (κ1) is 39.4. The van der Waals surface area contributed by atoms with Crippen molar-refractivity contribution in [3.63, 3.8) is 0 Å². The molecule has 1 atom stereocenters. The number of hydrogen-bond donors (Lipinski definition) is 3. The van der Waals surface area contributed by atoms with Crippen LogP contribution in [0.5, 0.6) is 5.75 Å². The molecule has 14 nitrogen and oxygen atoms in total. The second-order valence-electron chi connectivity index (χ2n) is 17.2. The van der Waals surface area contributed by atoms with E-state index in [1.807, 2.05) is 12.1 Å². The zero-order chi connectivity index (χ0) is 41.9. The van der Waals surface area contributed by atoms with Gasteiger partial charge in [0.2, 0.25) is 17.7 Å². The molecular weight excluding hydrogens is 761 g/mol. The van der Waals surface area contributed by atoms with Crippen LogP contribution in [0.15, 0.2) is 48.5 Å². The van der Waals surface area contributed by atoms with Gasteiger partial charge in [-0.3, -0.25) is 39.1 Å². The Hall–Kier alpha value is -6.04. The highest BCUT2D eigenvalue weighted by molar-refractivity contribution is 6.20. The summed E-state index contributed by atoms with van der Waals surface area (Å²) in [6, 6.07) is 17.0. The van der Waals surface area contributed by atoms with Gasteiger partial charge in [-0.1, -0.05) is 32.9 Å². The number of fused-ring (bicyclic) bond motifs is 5. The molecule has 5 aliphatic rings. The van der Waals surface area contributed by atoms with E-state index < -0.39 is 17.4 Å². The summed E-state index contributed by atoms with van der Waals surface area (Å²) < 4.78 is 5.94. The van der Waals surface area contributed by atoms with Gasteiger partial charge in [-0.25, -0.2) is 0 Å². The highest BCUT2D eigenvalue weighted by Crippen LogP contribution is 2.46. The minimum Gasteiger partial charge on any atom is -0.473 e. The van der Waals surface area contributed by atoms with Crippen molar-refractivity contribution in [2.24, 2.45) is 0 Å². The molecule has 3 saturated heterocycles. The van der Waals surface area contributed by atoms with Gasteiger partial charge in [-0.15, -0.1) is 0 Å². The van der Waals surface area contributed by atoms with Gasteiger partial charge in [0.15, 0.2) is 12.5 Å². The zero-order valence-corrected chi connectivity index (χ0v) is 34.4. The number of nitriles is 1. The van der Waals surface area contributed by atoms with E-state index in [4.69, 9.17) is 4.74 Å². The van der Waals surface area contributed by atoms with E-state index in [9.17, 15) is 29.2 Å². The Morgan fingerprint density at radius 1 is 0.967 bits per heavy atom. The van der Waals surface area contributed by atoms with Crippen LogP contribution in [0, 0.1) is 11.3 Å². The number of aryl methyl sites for hydroxylation is 1. The summed E-state index contributed by atoms with van der Waals surface area (Å²) in [5.74, 6) is -0.688. The van der Waals surface area contributed by atoms with Gasteiger partial charge in [0.05, 0.1) is 30.3 Å². The van der Waals surface area contributed by atoms with Crippen LogP contribution in [0.3, 0.4) is 0 Å². The molecule has 0 spiro atoms. The van der Waals surface area contributed by atoms with Gasteiger partial charge < -0.3 is 24.8 Å². The van der Waals surface area contributed by atoms with Gasteiger partial charge in [0.25, 0.3) is 5.91 Å². The van der Waals surface area contributed by atoms with Gasteiger partial charge in [0, 0.05) is 96.1 Å². The molecule has 4 aromatic rings. The molecule has 0 bridgehead atoms. The molecule has 0 saturated carbocycles. The number of rotatable bonds is 9. The Kier molecular flexibility index (Phi) is 10.2. The number of carbonyl (C=O) groups excluding carboxylic acids is 5. The minimum atomic E-state index is -0.710. The molecule has 1 aliphatic carbocycles. The van der Waals surface area contributed by atoms with E-state index >= 15 is 0 Å². The number of nitrogens with zero attached hydrogens (tertiary/aromatic N) is 5. The normalized spacial score (nSPS) is 20.7. The monoisotopic (exact) mass is 810 g/mol. The number of aromatic amines is 1. The van der Waals surface area contributed by atoms with Crippen molar-refractivity contribution in [3.05, 3.63) is 93.2 Å². The summed E-state index contributed by atoms with van der Waals surface area (Å²) in [5, 5.41) is 15.5. The summed E-state index contributed by atoms with van der Waals surface area (Å²) >= 11 is 0. The summed E-state index contributed by atoms with van der Waals surface area (Å²) in [6.07, 6.45) is 3.36. The lowest BCUT2D eigenvalue weighted by atomic mass is 9.70. The van der Waals surface area contributed by atoms with Gasteiger partial charge in [-0.05, 0) is 73.2 Å². The molecule has 3 N–H and O–H groups in total. The Balaban J connectivity index is 0.765. The van der Waals surface area contributed by atoms with E-state index in [2.05, 4.69) is 69.3 Å². The average Bonchev–Trinajstić information content (AvgIpc) is 3.81. The standard InChI is InChI=1S/C46H50N8O6/c1-4-28-21-32-34(46(2,3)43-41(42(32)57)31-9-8-27(23-47)20-35(31)49-43)22-37(28)53-14-12-29(13-15-53)52-18-16-51(17-19-52)25-40(56)48-26-60-38-7-5-6-30-33(38)24-54(45(30)59)36-10-11-39(55)50-44(36)58/h5-9,20-22,29,36,49H,4,10-19,24-26H2,1-3H3,(H,48,56)(H,50,55,58). The number of anilines is 1. The Labute approximate surface area is 348 Å². The van der Waals surface area contributed by atoms with Crippen molar-refractivity contribution >= 4 is 46.0 Å². The molecule has 3 fully saturated rings. The Bertz CT molecular complexity index is 2490. The second-order valence-corrected chi connectivity index (χ2v) is 17.2. The summed E-state index contributed by atoms with van der Waals surface area (Å²) in [4.78, 5) is 76.6. The van der Waals surface area contributed by atoms with E-state index in [0.717, 1.165) is 86.3 Å². The van der Waals surface area contributed by atoms with Crippen molar-refractivity contribution in [1.82, 2.24) is 30.3 Å². The van der Waals surface area contributed by atoms with Crippen LogP contribution >= 0.6 is 0 Å². The second kappa shape index (κ2) is 15.5. The average molecular weight is 811 g/mol. The predicted molar refractivity (Wildman–Crippen MR) is 224 cm³/mol. The highest BCUT2D eigenvalue weighted by Gasteiger charge is 2.42. The number of piperidine rings is 2. The van der Waals surface area contributed by atoms with Crippen LogP contribution in [0.1, 0.15) is 101 Å². The molecule has 5 heterocycles. The smallest absolute Gasteiger partial charge is 0.255 e. The van der Waals surface area contributed by atoms with Crippen LogP contribution in [0.2, 0.25) is 0 Å². The summed E-state index contributed by atoms with van der Waals surface area (Å²) in [6.45, 7) is 12.1. The zero-order valence-electron chi connectivity index (χ0n) is 34.4. The number of imide groups is 1. The van der Waals surface area contributed by atoms with Gasteiger partial charge >= 0.3 is 0 Å². The van der Waals surface area contributed by atoms with Gasteiger partial charge in [0.1, 0.15) is 11.8 Å². The predicted octanol–water partition coefficient (Wildman–Crippen LogP) is 3.97. The van der Waals surface area contributed by atoms with Crippen molar-refractivity contribution in [2.45, 2.75) is 76.9 Å². The number of carbonyl (C=O) groups is 5. The Morgan fingerprint density at radius 2 is 1.75 bits per heavy atom. The maximum Gasteiger partial charge on any atom is 0.255 e. The first-order valence-electron chi connectivity index (χ1n) is 21.1. The molecule has 310 valence electrons. The quantitative estimate of drug-likeness (QED) is 0.166. The highest BCUT2D eigenvalue weighted by atomic mass is 16.5. The lowest BCUT2D eigenvalue weighted by molar-refractivity contribution is -0.137. The van der Waals surface area contributed by atoms with Crippen LogP contribution < -0.4 is 20.3 Å². The molecular formula is C46H50N8O6. The van der Waals surface area contributed by atoms with Crippen LogP contribution in [-0.4, -0.2) is 114 Å². The Morgan fingerprint density at radius 3 is 2.48 bits per heavy atom. The first-order valence-corrected chi connectivity index (χ1v) is 21.1. The number of H-pyrrole nitrogens is 1. The summed E-state index contributed by atoms with van der Waals surface area (Å²) in [7, 11) is 0. The molecule has 60 heavy (non-hydrogen) atoms. The molecule has 14 heteroatoms. The molecule has 1 unspecified atom stereocenters. The summed E-state index contributed by atoms with van der Waals surface area (Å²) in [5.41, 5.74) is 7.88. The third kappa shape index (κ3) is 6.89. The number of benzene rings is 3. The van der Waals surface area contributed by atoms with E-state index in [1.54, 1.807) is 24.3 Å². The number of ether oxygens (including phenoxy) is 1. The molecule has 1 aromatic heterocycles. The van der Waals surface area contributed by atoms with Crippen molar-refractivity contribution in [1.29, 1.82) is 5.26 Å². The molecule has 4 aliphatic heterocycles. The van der Waals surface area contributed by atoms with Crippen LogP contribution in [0.4, 0.5) is 5.69 Å². The fourth-order valence-electron chi connectivity index (χ4n) is 10.1. The maximum absolute atomic E-state index is 14.1.